The molecule has 6 rings (SSSR count). The van der Waals surface area contributed by atoms with Crippen molar-refractivity contribution in [2.45, 2.75) is 44.4 Å². The third-order valence-electron chi connectivity index (χ3n) is 7.36. The van der Waals surface area contributed by atoms with Crippen molar-refractivity contribution >= 4 is 61.4 Å². The Balaban J connectivity index is 1.26. The summed E-state index contributed by atoms with van der Waals surface area (Å²) in [6.45, 7) is 3.59. The van der Waals surface area contributed by atoms with E-state index in [-0.39, 0.29) is 18.4 Å². The number of aryl methyl sites for hydroxylation is 1. The van der Waals surface area contributed by atoms with Crippen molar-refractivity contribution < 1.29 is 32.6 Å². The fourth-order valence-corrected chi connectivity index (χ4v) is 8.27. The smallest absolute Gasteiger partial charge is 0.416 e. The maximum atomic E-state index is 14.0. The van der Waals surface area contributed by atoms with Gasteiger partial charge in [0.1, 0.15) is 6.10 Å². The number of carbonyl (C=O) groups is 2. The SMILES string of the molecule is Cc1nsc(-c2cc3sc(-c4ccc(C5(C(=O)O)CC5)c(C(F)(F)F)c4)cc3s2)c1NC(=O)OC(C)c1ccccc1. The van der Waals surface area contributed by atoms with Crippen molar-refractivity contribution in [1.29, 1.82) is 0 Å². The second-order valence-electron chi connectivity index (χ2n) is 10.2. The van der Waals surface area contributed by atoms with Crippen LogP contribution < -0.4 is 5.32 Å². The highest BCUT2D eigenvalue weighted by atomic mass is 32.1. The predicted molar refractivity (Wildman–Crippen MR) is 159 cm³/mol. The summed E-state index contributed by atoms with van der Waals surface area (Å²) < 4.78 is 53.8. The van der Waals surface area contributed by atoms with Gasteiger partial charge in [0, 0.05) is 14.3 Å². The van der Waals surface area contributed by atoms with Gasteiger partial charge in [0.05, 0.1) is 32.1 Å². The number of nitrogens with one attached hydrogen (secondary N) is 1. The number of amides is 1. The van der Waals surface area contributed by atoms with Crippen molar-refractivity contribution in [2.75, 3.05) is 5.32 Å². The van der Waals surface area contributed by atoms with E-state index in [1.807, 2.05) is 42.5 Å². The molecule has 12 heteroatoms. The lowest BCUT2D eigenvalue weighted by Crippen LogP contribution is -2.24. The van der Waals surface area contributed by atoms with Crippen LogP contribution in [0.4, 0.5) is 23.7 Å². The third kappa shape index (κ3) is 5.18. The van der Waals surface area contributed by atoms with E-state index in [4.69, 9.17) is 4.74 Å². The monoisotopic (exact) mass is 628 g/mol. The van der Waals surface area contributed by atoms with Crippen LogP contribution in [-0.2, 0) is 21.1 Å². The van der Waals surface area contributed by atoms with Crippen molar-refractivity contribution in [3.05, 3.63) is 83.0 Å². The van der Waals surface area contributed by atoms with E-state index < -0.39 is 35.3 Å². The van der Waals surface area contributed by atoms with Crippen LogP contribution in [-0.4, -0.2) is 21.5 Å². The normalized spacial score (nSPS) is 15.0. The number of thiophene rings is 2. The van der Waals surface area contributed by atoms with Gasteiger partial charge in [-0.25, -0.2) is 4.79 Å². The Morgan fingerprint density at radius 2 is 1.69 bits per heavy atom. The molecule has 0 aliphatic heterocycles. The van der Waals surface area contributed by atoms with E-state index in [1.54, 1.807) is 19.9 Å². The minimum absolute atomic E-state index is 0.177. The molecule has 1 atom stereocenters. The third-order valence-corrected chi connectivity index (χ3v) is 10.8. The number of ether oxygens (including phenoxy) is 1. The first-order valence-corrected chi connectivity index (χ1v) is 15.3. The van der Waals surface area contributed by atoms with E-state index >= 15 is 0 Å². The van der Waals surface area contributed by atoms with Crippen LogP contribution in [0.3, 0.4) is 0 Å². The van der Waals surface area contributed by atoms with Crippen molar-refractivity contribution in [3.63, 3.8) is 0 Å². The highest BCUT2D eigenvalue weighted by Gasteiger charge is 2.55. The fourth-order valence-electron chi connectivity index (χ4n) is 4.93. The molecule has 216 valence electrons. The van der Waals surface area contributed by atoms with Crippen LogP contribution in [0.2, 0.25) is 0 Å². The molecule has 1 fully saturated rings. The molecule has 1 amide bonds. The molecule has 0 radical (unpaired) electrons. The number of hydrogen-bond donors (Lipinski definition) is 2. The van der Waals surface area contributed by atoms with Gasteiger partial charge in [0.25, 0.3) is 0 Å². The van der Waals surface area contributed by atoms with Gasteiger partial charge in [-0.1, -0.05) is 42.5 Å². The highest BCUT2D eigenvalue weighted by Crippen LogP contribution is 2.53. The molecule has 3 aromatic heterocycles. The Bertz CT molecular complexity index is 1790. The average Bonchev–Trinajstić information content (AvgIpc) is 3.36. The van der Waals surface area contributed by atoms with E-state index in [9.17, 15) is 27.9 Å². The summed E-state index contributed by atoms with van der Waals surface area (Å²) in [5.41, 5.74) is -0.0882. The molecule has 1 saturated carbocycles. The molecule has 6 nitrogen and oxygen atoms in total. The molecule has 1 aliphatic rings. The maximum absolute atomic E-state index is 14.0. The van der Waals surface area contributed by atoms with Gasteiger partial charge in [-0.3, -0.25) is 10.1 Å². The minimum atomic E-state index is -4.67. The average molecular weight is 629 g/mol. The van der Waals surface area contributed by atoms with E-state index in [0.717, 1.165) is 30.8 Å². The van der Waals surface area contributed by atoms with Crippen LogP contribution in [0, 0.1) is 6.92 Å². The second-order valence-corrected chi connectivity index (χ2v) is 13.1. The predicted octanol–water partition coefficient (Wildman–Crippen LogP) is 9.51. The zero-order chi connectivity index (χ0) is 29.8. The summed E-state index contributed by atoms with van der Waals surface area (Å²) in [7, 11) is 0. The fraction of sp³-hybridized carbons (Fsp3) is 0.233. The molecule has 1 aliphatic carbocycles. The summed E-state index contributed by atoms with van der Waals surface area (Å²) in [4.78, 5) is 26.7. The number of anilines is 1. The lowest BCUT2D eigenvalue weighted by Gasteiger charge is -2.18. The van der Waals surface area contributed by atoms with Gasteiger partial charge in [0.15, 0.2) is 0 Å². The number of carboxylic acids is 1. The molecule has 3 heterocycles. The Morgan fingerprint density at radius 3 is 2.33 bits per heavy atom. The number of aromatic nitrogens is 1. The number of carboxylic acid groups (broad SMARTS) is 1. The number of carbonyl (C=O) groups excluding carboxylic acids is 1. The van der Waals surface area contributed by atoms with E-state index in [1.165, 1.54) is 40.3 Å². The van der Waals surface area contributed by atoms with Gasteiger partial charge in [-0.15, -0.1) is 22.7 Å². The summed E-state index contributed by atoms with van der Waals surface area (Å²) in [5.74, 6) is -1.23. The second kappa shape index (κ2) is 10.5. The number of hydrogen-bond acceptors (Lipinski definition) is 7. The first-order chi connectivity index (χ1) is 20.0. The largest absolute Gasteiger partial charge is 0.481 e. The first kappa shape index (κ1) is 28.4. The van der Waals surface area contributed by atoms with Gasteiger partial charge < -0.3 is 9.84 Å². The standard InChI is InChI=1S/C30H23F3N2O4S3/c1-15-25(34-28(38)39-16(2)17-6-4-3-5-7-17)26(42-35-15)24-14-23-22(41-24)13-21(40-23)18-8-9-19(20(12-18)30(31,32)33)29(10-11-29)27(36)37/h3-9,12-14,16H,10-11H2,1-2H3,(H,34,38)(H,36,37). The Hall–Kier alpha value is -3.74. The van der Waals surface area contributed by atoms with E-state index in [2.05, 4.69) is 9.69 Å². The summed E-state index contributed by atoms with van der Waals surface area (Å²) >= 11 is 4.05. The van der Waals surface area contributed by atoms with Crippen LogP contribution >= 0.6 is 34.2 Å². The van der Waals surface area contributed by atoms with Crippen LogP contribution in [0.1, 0.15) is 48.3 Å². The lowest BCUT2D eigenvalue weighted by molar-refractivity contribution is -0.142. The highest BCUT2D eigenvalue weighted by molar-refractivity contribution is 7.32. The summed E-state index contributed by atoms with van der Waals surface area (Å²) in [6, 6.07) is 17.1. The number of aliphatic carboxylic acids is 1. The quantitative estimate of drug-likeness (QED) is 0.187. The lowest BCUT2D eigenvalue weighted by atomic mass is 9.89. The zero-order valence-electron chi connectivity index (χ0n) is 22.2. The molecule has 0 bridgehead atoms. The van der Waals surface area contributed by atoms with Crippen molar-refractivity contribution in [1.82, 2.24) is 4.37 Å². The number of fused-ring (bicyclic) bond motifs is 1. The number of halogens is 3. The van der Waals surface area contributed by atoms with Crippen LogP contribution in [0.5, 0.6) is 0 Å². The summed E-state index contributed by atoms with van der Waals surface area (Å²) in [6.07, 6.45) is -5.33. The molecular weight excluding hydrogens is 606 g/mol. The first-order valence-electron chi connectivity index (χ1n) is 12.9. The van der Waals surface area contributed by atoms with Gasteiger partial charge >= 0.3 is 18.2 Å². The van der Waals surface area contributed by atoms with Crippen molar-refractivity contribution in [2.24, 2.45) is 0 Å². The molecule has 42 heavy (non-hydrogen) atoms. The number of rotatable bonds is 7. The van der Waals surface area contributed by atoms with Crippen LogP contribution in [0.15, 0.2) is 60.7 Å². The Morgan fingerprint density at radius 1 is 1.02 bits per heavy atom. The number of alkyl halides is 3. The number of benzene rings is 2. The Kier molecular flexibility index (Phi) is 7.11. The molecular formula is C30H23F3N2O4S3. The minimum Gasteiger partial charge on any atom is -0.481 e. The van der Waals surface area contributed by atoms with Crippen molar-refractivity contribution in [3.8, 4) is 20.2 Å². The molecule has 5 aromatic rings. The van der Waals surface area contributed by atoms with Gasteiger partial charge in [0.2, 0.25) is 0 Å². The van der Waals surface area contributed by atoms with Crippen LogP contribution in [0.25, 0.3) is 29.6 Å². The topological polar surface area (TPSA) is 88.5 Å². The number of nitrogens with zero attached hydrogens (tertiary/aromatic N) is 1. The maximum Gasteiger partial charge on any atom is 0.416 e. The zero-order valence-corrected chi connectivity index (χ0v) is 24.7. The van der Waals surface area contributed by atoms with Gasteiger partial charge in [-0.2, -0.15) is 17.5 Å². The molecule has 0 spiro atoms. The molecule has 1 unspecified atom stereocenters. The van der Waals surface area contributed by atoms with Gasteiger partial charge in [-0.05, 0) is 73.1 Å². The summed E-state index contributed by atoms with van der Waals surface area (Å²) in [5, 5.41) is 12.4. The molecule has 2 N–H and O–H groups in total. The molecule has 2 aromatic carbocycles. The Labute approximate surface area is 250 Å². The molecule has 0 saturated heterocycles. The van der Waals surface area contributed by atoms with E-state index in [0.29, 0.717) is 21.8 Å².